The van der Waals surface area contributed by atoms with E-state index < -0.39 is 130 Å². The Morgan fingerprint density at radius 3 is 2.15 bits per heavy atom. The average Bonchev–Trinajstić information content (AvgIpc) is 2.93. The largest absolute Gasteiger partial charge is 0.477 e. The maximum absolute atomic E-state index is 12.2. The van der Waals surface area contributed by atoms with Crippen LogP contribution in [0.5, 0.6) is 0 Å². The Hall–Kier alpha value is -1.17. The summed E-state index contributed by atoms with van der Waals surface area (Å²) in [5.74, 6) is -5.35. The summed E-state index contributed by atoms with van der Waals surface area (Å²) in [6.07, 6.45) is -25.3. The smallest absolute Gasteiger partial charge is 0.364 e. The van der Waals surface area contributed by atoms with Crippen molar-refractivity contribution >= 4 is 5.97 Å². The van der Waals surface area contributed by atoms with Crippen LogP contribution in [0.1, 0.15) is 13.3 Å². The van der Waals surface area contributed by atoms with Crippen molar-refractivity contribution in [1.29, 1.82) is 0 Å². The molecule has 6 unspecified atom stereocenters. The fourth-order valence-corrected chi connectivity index (χ4v) is 4.83. The molecule has 234 valence electrons. The van der Waals surface area contributed by atoms with Crippen LogP contribution in [0.4, 0.5) is 0 Å². The van der Waals surface area contributed by atoms with Crippen LogP contribution in [0.15, 0.2) is 0 Å². The van der Waals surface area contributed by atoms with Crippen LogP contribution in [0, 0.1) is 5.92 Å². The van der Waals surface area contributed by atoms with Gasteiger partial charge >= 0.3 is 5.97 Å². The Morgan fingerprint density at radius 1 is 0.925 bits per heavy atom. The number of aliphatic hydroxyl groups is 11. The van der Waals surface area contributed by atoms with E-state index in [4.69, 9.17) is 28.8 Å². The van der Waals surface area contributed by atoms with Crippen LogP contribution >= 0.6 is 0 Å². The number of rotatable bonds is 10. The van der Waals surface area contributed by atoms with Crippen molar-refractivity contribution in [3.63, 3.8) is 0 Å². The third-order valence-electron chi connectivity index (χ3n) is 7.45. The van der Waals surface area contributed by atoms with Crippen LogP contribution in [-0.4, -0.2) is 179 Å². The van der Waals surface area contributed by atoms with E-state index in [0.717, 1.165) is 0 Å². The van der Waals surface area contributed by atoms with Crippen molar-refractivity contribution in [3.8, 4) is 0 Å². The molecule has 12 N–H and O–H groups in total. The molecule has 3 saturated heterocycles. The van der Waals surface area contributed by atoms with E-state index in [9.17, 15) is 61.0 Å². The topological polar surface area (TPSA) is 306 Å². The lowest BCUT2D eigenvalue weighted by molar-refractivity contribution is -0.365. The number of carboxylic acid groups (broad SMARTS) is 1. The minimum Gasteiger partial charge on any atom is -0.477 e. The molecule has 0 bridgehead atoms. The Labute approximate surface area is 227 Å². The van der Waals surface area contributed by atoms with Gasteiger partial charge in [0, 0.05) is 12.3 Å². The monoisotopic (exact) mass is 590 g/mol. The van der Waals surface area contributed by atoms with Crippen molar-refractivity contribution in [1.82, 2.24) is 0 Å². The highest BCUT2D eigenvalue weighted by Gasteiger charge is 2.56. The SMILES string of the molecule is CC1[C@H](O)C[C@](OCC2O[C@@H](O[C@@H]3C(CO)OC(O)C(O)[C@H]3O)C(O)[C@@H](O)[C@H]2O)(C(=O)O)O[C@H]1[C@H](O)[C@H](O)CO. The molecular formula is C22H38O18. The summed E-state index contributed by atoms with van der Waals surface area (Å²) in [6.45, 7) is -1.19. The molecule has 0 aromatic rings. The molecule has 18 heteroatoms. The lowest BCUT2D eigenvalue weighted by Crippen LogP contribution is -2.65. The Balaban J connectivity index is 1.77. The van der Waals surface area contributed by atoms with E-state index in [1.54, 1.807) is 0 Å². The van der Waals surface area contributed by atoms with Gasteiger partial charge in [-0.2, -0.15) is 0 Å². The first-order chi connectivity index (χ1) is 18.7. The maximum atomic E-state index is 12.2. The van der Waals surface area contributed by atoms with Gasteiger partial charge in [0.1, 0.15) is 61.0 Å². The summed E-state index contributed by atoms with van der Waals surface area (Å²) in [5.41, 5.74) is 0. The molecular weight excluding hydrogens is 552 g/mol. The molecule has 3 aliphatic rings. The predicted octanol–water partition coefficient (Wildman–Crippen LogP) is -7.09. The number of aliphatic carboxylic acids is 1. The summed E-state index contributed by atoms with van der Waals surface area (Å²) in [5, 5.41) is 120. The third-order valence-corrected chi connectivity index (χ3v) is 7.45. The zero-order valence-corrected chi connectivity index (χ0v) is 21.3. The maximum Gasteiger partial charge on any atom is 0.364 e. The highest BCUT2D eigenvalue weighted by molar-refractivity contribution is 5.76. The second-order valence-corrected chi connectivity index (χ2v) is 10.2. The molecule has 0 aliphatic carbocycles. The summed E-state index contributed by atoms with van der Waals surface area (Å²) >= 11 is 0. The lowest BCUT2D eigenvalue weighted by atomic mass is 9.84. The quantitative estimate of drug-likeness (QED) is 0.112. The van der Waals surface area contributed by atoms with Crippen LogP contribution in [0.25, 0.3) is 0 Å². The molecule has 16 atom stereocenters. The van der Waals surface area contributed by atoms with E-state index in [0.29, 0.717) is 0 Å². The number of carbonyl (C=O) groups is 1. The number of aliphatic hydroxyl groups excluding tert-OH is 11. The van der Waals surface area contributed by atoms with E-state index in [2.05, 4.69) is 0 Å². The molecule has 0 radical (unpaired) electrons. The van der Waals surface area contributed by atoms with Crippen LogP contribution in [-0.2, 0) is 28.5 Å². The molecule has 3 rings (SSSR count). The van der Waals surface area contributed by atoms with Gasteiger partial charge < -0.3 is 85.0 Å². The summed E-state index contributed by atoms with van der Waals surface area (Å²) < 4.78 is 26.7. The first-order valence-electron chi connectivity index (χ1n) is 12.5. The van der Waals surface area contributed by atoms with Crippen molar-refractivity contribution in [2.24, 2.45) is 5.92 Å². The molecule has 3 fully saturated rings. The highest BCUT2D eigenvalue weighted by Crippen LogP contribution is 2.37. The van der Waals surface area contributed by atoms with Gasteiger partial charge in [-0.25, -0.2) is 4.79 Å². The second kappa shape index (κ2) is 13.4. The van der Waals surface area contributed by atoms with Gasteiger partial charge in [-0.15, -0.1) is 0 Å². The zero-order valence-electron chi connectivity index (χ0n) is 21.3. The summed E-state index contributed by atoms with van der Waals surface area (Å²) in [4.78, 5) is 12.2. The molecule has 0 spiro atoms. The number of carboxylic acids is 1. The Bertz CT molecular complexity index is 832. The molecule has 40 heavy (non-hydrogen) atoms. The average molecular weight is 591 g/mol. The Kier molecular flexibility index (Phi) is 11.2. The van der Waals surface area contributed by atoms with E-state index in [-0.39, 0.29) is 0 Å². The second-order valence-electron chi connectivity index (χ2n) is 10.2. The van der Waals surface area contributed by atoms with Gasteiger partial charge in [-0.1, -0.05) is 6.92 Å². The van der Waals surface area contributed by atoms with E-state index in [1.807, 2.05) is 0 Å². The van der Waals surface area contributed by atoms with Crippen molar-refractivity contribution in [2.45, 2.75) is 105 Å². The first-order valence-corrected chi connectivity index (χ1v) is 12.5. The van der Waals surface area contributed by atoms with Crippen LogP contribution < -0.4 is 0 Å². The van der Waals surface area contributed by atoms with Gasteiger partial charge in [0.15, 0.2) is 12.6 Å². The van der Waals surface area contributed by atoms with Gasteiger partial charge in [0.25, 0.3) is 5.79 Å². The molecule has 0 amide bonds. The summed E-state index contributed by atoms with van der Waals surface area (Å²) in [7, 11) is 0. The van der Waals surface area contributed by atoms with Crippen molar-refractivity contribution < 1.29 is 89.8 Å². The van der Waals surface area contributed by atoms with Crippen LogP contribution in [0.2, 0.25) is 0 Å². The van der Waals surface area contributed by atoms with Gasteiger partial charge in [-0.3, -0.25) is 0 Å². The van der Waals surface area contributed by atoms with Gasteiger partial charge in [-0.05, 0) is 0 Å². The first kappa shape index (κ1) is 33.3. The number of ether oxygens (including phenoxy) is 5. The molecule has 0 aromatic carbocycles. The molecule has 3 aliphatic heterocycles. The van der Waals surface area contributed by atoms with Crippen LogP contribution in [0.3, 0.4) is 0 Å². The lowest BCUT2D eigenvalue weighted by Gasteiger charge is -2.47. The number of hydrogen-bond donors (Lipinski definition) is 12. The fourth-order valence-electron chi connectivity index (χ4n) is 4.83. The van der Waals surface area contributed by atoms with Crippen molar-refractivity contribution in [2.75, 3.05) is 19.8 Å². The minimum atomic E-state index is -2.66. The molecule has 0 aromatic heterocycles. The van der Waals surface area contributed by atoms with Gasteiger partial charge in [0.05, 0.1) is 32.0 Å². The Morgan fingerprint density at radius 2 is 1.57 bits per heavy atom. The van der Waals surface area contributed by atoms with Crippen molar-refractivity contribution in [3.05, 3.63) is 0 Å². The predicted molar refractivity (Wildman–Crippen MR) is 122 cm³/mol. The van der Waals surface area contributed by atoms with E-state index >= 15 is 0 Å². The molecule has 3 heterocycles. The fraction of sp³-hybridized carbons (Fsp3) is 0.955. The van der Waals surface area contributed by atoms with E-state index in [1.165, 1.54) is 6.92 Å². The highest BCUT2D eigenvalue weighted by atomic mass is 16.8. The zero-order chi connectivity index (χ0) is 30.1. The standard InChI is InChI=1S/C22H38O18/c1-6-7(25)2-22(21(34)35,40-17(6)11(27)8(26)3-23)36-5-10-12(28)13(29)16(32)20(38-10)39-18-9(4-24)37-19(33)15(31)14(18)30/h6-20,23-33H,2-5H2,1H3,(H,34,35)/t6?,7-,8-,9?,10?,11-,12+,13+,14-,15?,16?,17-,18-,19?,20+,22-/m1/s1. The number of hydrogen-bond acceptors (Lipinski definition) is 17. The molecule has 18 nitrogen and oxygen atoms in total. The normalized spacial score (nSPS) is 48.0. The minimum absolute atomic E-state index is 0.681. The van der Waals surface area contributed by atoms with Gasteiger partial charge in [0.2, 0.25) is 0 Å². The third kappa shape index (κ3) is 6.57. The summed E-state index contributed by atoms with van der Waals surface area (Å²) in [6, 6.07) is 0. The molecule has 0 saturated carbocycles.